The summed E-state index contributed by atoms with van der Waals surface area (Å²) < 4.78 is 5.28. The number of morpholine rings is 1. The van der Waals surface area contributed by atoms with E-state index < -0.39 is 0 Å². The summed E-state index contributed by atoms with van der Waals surface area (Å²) in [7, 11) is 0. The summed E-state index contributed by atoms with van der Waals surface area (Å²) in [5.74, 6) is 2.27. The Morgan fingerprint density at radius 2 is 2.15 bits per heavy atom. The normalized spacial score (nSPS) is 21.7. The summed E-state index contributed by atoms with van der Waals surface area (Å²) in [6, 6.07) is 0.328. The molecule has 1 atom stereocenters. The molecule has 1 aliphatic rings. The van der Waals surface area contributed by atoms with Crippen LogP contribution in [0.3, 0.4) is 0 Å². The van der Waals surface area contributed by atoms with E-state index >= 15 is 0 Å². The molecule has 1 aliphatic heterocycles. The van der Waals surface area contributed by atoms with Gasteiger partial charge in [0.25, 0.3) is 0 Å². The van der Waals surface area contributed by atoms with E-state index in [4.69, 9.17) is 10.5 Å². The third-order valence-electron chi connectivity index (χ3n) is 2.04. The molecule has 0 radical (unpaired) electrons. The minimum Gasteiger partial charge on any atom is -0.379 e. The lowest BCUT2D eigenvalue weighted by Crippen LogP contribution is -2.37. The van der Waals surface area contributed by atoms with Gasteiger partial charge in [-0.2, -0.15) is 11.8 Å². The molecule has 0 aromatic carbocycles. The Morgan fingerprint density at radius 1 is 1.46 bits per heavy atom. The standard InChI is InChI=1S/C9H20N2OS/c1-9(10)8-13-7-4-11-2-5-12-6-3-11/h9H,2-8,10H2,1H3. The van der Waals surface area contributed by atoms with Crippen molar-refractivity contribution in [3.63, 3.8) is 0 Å². The lowest BCUT2D eigenvalue weighted by Gasteiger charge is -2.26. The lowest BCUT2D eigenvalue weighted by molar-refractivity contribution is 0.0410. The van der Waals surface area contributed by atoms with Gasteiger partial charge in [0.15, 0.2) is 0 Å². The zero-order valence-electron chi connectivity index (χ0n) is 8.37. The van der Waals surface area contributed by atoms with E-state index in [1.165, 1.54) is 12.3 Å². The second-order valence-corrected chi connectivity index (χ2v) is 4.66. The molecule has 1 heterocycles. The van der Waals surface area contributed by atoms with E-state index in [-0.39, 0.29) is 0 Å². The van der Waals surface area contributed by atoms with Crippen LogP contribution in [-0.2, 0) is 4.74 Å². The number of hydrogen-bond acceptors (Lipinski definition) is 4. The fourth-order valence-electron chi connectivity index (χ4n) is 1.29. The molecule has 0 aromatic rings. The van der Waals surface area contributed by atoms with E-state index in [9.17, 15) is 0 Å². The average molecular weight is 204 g/mol. The van der Waals surface area contributed by atoms with Crippen LogP contribution < -0.4 is 5.73 Å². The fourth-order valence-corrected chi connectivity index (χ4v) is 2.21. The molecule has 0 spiro atoms. The highest BCUT2D eigenvalue weighted by molar-refractivity contribution is 7.99. The van der Waals surface area contributed by atoms with Gasteiger partial charge >= 0.3 is 0 Å². The molecule has 0 aromatic heterocycles. The number of ether oxygens (including phenoxy) is 1. The maximum atomic E-state index is 5.66. The van der Waals surface area contributed by atoms with Gasteiger partial charge in [0, 0.05) is 37.2 Å². The van der Waals surface area contributed by atoms with Crippen molar-refractivity contribution < 1.29 is 4.74 Å². The zero-order chi connectivity index (χ0) is 9.52. The van der Waals surface area contributed by atoms with Crippen molar-refractivity contribution in [1.82, 2.24) is 4.90 Å². The molecule has 2 N–H and O–H groups in total. The van der Waals surface area contributed by atoms with Crippen molar-refractivity contribution in [2.24, 2.45) is 5.73 Å². The maximum Gasteiger partial charge on any atom is 0.0594 e. The third kappa shape index (κ3) is 5.52. The number of thioether (sulfide) groups is 1. The monoisotopic (exact) mass is 204 g/mol. The summed E-state index contributed by atoms with van der Waals surface area (Å²) in [6.45, 7) is 7.23. The topological polar surface area (TPSA) is 38.5 Å². The average Bonchev–Trinajstić information content (AvgIpc) is 2.14. The Bertz CT molecular complexity index is 127. The quantitative estimate of drug-likeness (QED) is 0.658. The van der Waals surface area contributed by atoms with Crippen LogP contribution in [0, 0.1) is 0 Å². The molecule has 1 saturated heterocycles. The Balaban J connectivity index is 1.92. The Labute approximate surface area is 85.0 Å². The summed E-state index contributed by atoms with van der Waals surface area (Å²) in [5, 5.41) is 0. The van der Waals surface area contributed by atoms with Gasteiger partial charge in [-0.05, 0) is 6.92 Å². The van der Waals surface area contributed by atoms with Crippen molar-refractivity contribution in [2.45, 2.75) is 13.0 Å². The molecule has 0 bridgehead atoms. The maximum absolute atomic E-state index is 5.66. The van der Waals surface area contributed by atoms with Gasteiger partial charge in [-0.15, -0.1) is 0 Å². The first-order valence-electron chi connectivity index (χ1n) is 4.92. The van der Waals surface area contributed by atoms with Gasteiger partial charge in [0.1, 0.15) is 0 Å². The van der Waals surface area contributed by atoms with Crippen LogP contribution in [0.4, 0.5) is 0 Å². The van der Waals surface area contributed by atoms with Crippen molar-refractivity contribution in [3.8, 4) is 0 Å². The minimum atomic E-state index is 0.328. The van der Waals surface area contributed by atoms with E-state index in [0.717, 1.165) is 32.1 Å². The predicted molar refractivity (Wildman–Crippen MR) is 58.2 cm³/mol. The smallest absolute Gasteiger partial charge is 0.0594 e. The molecule has 1 rings (SSSR count). The number of nitrogens with two attached hydrogens (primary N) is 1. The highest BCUT2D eigenvalue weighted by Crippen LogP contribution is 2.04. The SMILES string of the molecule is CC(N)CSCCN1CCOCC1. The molecule has 3 nitrogen and oxygen atoms in total. The van der Waals surface area contributed by atoms with E-state index in [1.807, 2.05) is 11.8 Å². The first-order valence-corrected chi connectivity index (χ1v) is 6.08. The van der Waals surface area contributed by atoms with Crippen molar-refractivity contribution >= 4 is 11.8 Å². The molecule has 78 valence electrons. The van der Waals surface area contributed by atoms with Gasteiger partial charge in [-0.25, -0.2) is 0 Å². The van der Waals surface area contributed by atoms with E-state index in [0.29, 0.717) is 6.04 Å². The number of hydrogen-bond donors (Lipinski definition) is 1. The summed E-state index contributed by atoms with van der Waals surface area (Å²) >= 11 is 1.95. The van der Waals surface area contributed by atoms with Crippen molar-refractivity contribution in [3.05, 3.63) is 0 Å². The summed E-state index contributed by atoms with van der Waals surface area (Å²) in [4.78, 5) is 2.46. The van der Waals surface area contributed by atoms with Crippen LogP contribution >= 0.6 is 11.8 Å². The van der Waals surface area contributed by atoms with Crippen LogP contribution in [0.25, 0.3) is 0 Å². The number of nitrogens with zero attached hydrogens (tertiary/aromatic N) is 1. The first kappa shape index (κ1) is 11.3. The molecule has 13 heavy (non-hydrogen) atoms. The lowest BCUT2D eigenvalue weighted by atomic mass is 10.4. The largest absolute Gasteiger partial charge is 0.379 e. The van der Waals surface area contributed by atoms with Gasteiger partial charge in [-0.1, -0.05) is 0 Å². The van der Waals surface area contributed by atoms with Crippen LogP contribution in [0.1, 0.15) is 6.92 Å². The number of rotatable bonds is 5. The summed E-state index contributed by atoms with van der Waals surface area (Å²) in [5.41, 5.74) is 5.66. The molecule has 4 heteroatoms. The van der Waals surface area contributed by atoms with Gasteiger partial charge < -0.3 is 10.5 Å². The summed E-state index contributed by atoms with van der Waals surface area (Å²) in [6.07, 6.45) is 0. The fraction of sp³-hybridized carbons (Fsp3) is 1.00. The van der Waals surface area contributed by atoms with Crippen LogP contribution in [0.2, 0.25) is 0 Å². The molecule has 0 saturated carbocycles. The van der Waals surface area contributed by atoms with Crippen molar-refractivity contribution in [1.29, 1.82) is 0 Å². The Kier molecular flexibility index (Phi) is 5.78. The Hall–Kier alpha value is 0.230. The van der Waals surface area contributed by atoms with Gasteiger partial charge in [0.05, 0.1) is 13.2 Å². The minimum absolute atomic E-state index is 0.328. The molecular formula is C9H20N2OS. The van der Waals surface area contributed by atoms with Gasteiger partial charge in [0.2, 0.25) is 0 Å². The highest BCUT2D eigenvalue weighted by Gasteiger charge is 2.09. The van der Waals surface area contributed by atoms with E-state index in [2.05, 4.69) is 11.8 Å². The second kappa shape index (κ2) is 6.65. The van der Waals surface area contributed by atoms with Crippen LogP contribution in [-0.4, -0.2) is 55.3 Å². The van der Waals surface area contributed by atoms with Crippen LogP contribution in [0.15, 0.2) is 0 Å². The molecular weight excluding hydrogens is 184 g/mol. The highest BCUT2D eigenvalue weighted by atomic mass is 32.2. The second-order valence-electron chi connectivity index (χ2n) is 3.51. The molecule has 1 fully saturated rings. The Morgan fingerprint density at radius 3 is 2.77 bits per heavy atom. The first-order chi connectivity index (χ1) is 6.29. The van der Waals surface area contributed by atoms with Crippen molar-refractivity contribution in [2.75, 3.05) is 44.4 Å². The molecule has 0 aliphatic carbocycles. The van der Waals surface area contributed by atoms with Crippen LogP contribution in [0.5, 0.6) is 0 Å². The van der Waals surface area contributed by atoms with Gasteiger partial charge in [-0.3, -0.25) is 4.90 Å². The van der Waals surface area contributed by atoms with E-state index in [1.54, 1.807) is 0 Å². The predicted octanol–water partition coefficient (Wildman–Crippen LogP) is 0.399. The molecule has 0 amide bonds. The molecule has 1 unspecified atom stereocenters. The zero-order valence-corrected chi connectivity index (χ0v) is 9.18. The third-order valence-corrected chi connectivity index (χ3v) is 3.27.